The summed E-state index contributed by atoms with van der Waals surface area (Å²) in [6, 6.07) is 3.23. The molecule has 0 atom stereocenters. The SMILES string of the molecule is C#CCN(CC(=O)O)c1nc(C(F)(F)F)ccc1C#N. The van der Waals surface area contributed by atoms with Crippen LogP contribution in [0.25, 0.3) is 0 Å². The molecule has 0 saturated carbocycles. The zero-order valence-electron chi connectivity index (χ0n) is 9.98. The van der Waals surface area contributed by atoms with Gasteiger partial charge in [-0.2, -0.15) is 18.4 Å². The van der Waals surface area contributed by atoms with Gasteiger partial charge in [-0.05, 0) is 12.1 Å². The van der Waals surface area contributed by atoms with Crippen LogP contribution in [0.3, 0.4) is 0 Å². The van der Waals surface area contributed by atoms with Crippen molar-refractivity contribution in [1.82, 2.24) is 4.98 Å². The Morgan fingerprint density at radius 2 is 2.15 bits per heavy atom. The Hall–Kier alpha value is -2.74. The number of carboxylic acid groups (broad SMARTS) is 1. The lowest BCUT2D eigenvalue weighted by molar-refractivity contribution is -0.141. The third kappa shape index (κ3) is 3.62. The average Bonchev–Trinajstić information content (AvgIpc) is 2.36. The molecule has 104 valence electrons. The summed E-state index contributed by atoms with van der Waals surface area (Å²) in [5.41, 5.74) is -1.41. The zero-order valence-corrected chi connectivity index (χ0v) is 9.98. The first-order chi connectivity index (χ1) is 9.29. The number of hydrogen-bond acceptors (Lipinski definition) is 4. The molecule has 8 heteroatoms. The molecule has 1 heterocycles. The molecule has 0 saturated heterocycles. The van der Waals surface area contributed by atoms with Crippen LogP contribution in [0, 0.1) is 23.7 Å². The summed E-state index contributed by atoms with van der Waals surface area (Å²) in [5, 5.41) is 17.6. The molecule has 20 heavy (non-hydrogen) atoms. The summed E-state index contributed by atoms with van der Waals surface area (Å²) in [5.74, 6) is 0.410. The molecule has 0 spiro atoms. The first-order valence-corrected chi connectivity index (χ1v) is 5.18. The van der Waals surface area contributed by atoms with Gasteiger partial charge in [-0.25, -0.2) is 4.98 Å². The molecular formula is C12H8F3N3O2. The summed E-state index contributed by atoms with van der Waals surface area (Å²) < 4.78 is 37.8. The molecule has 1 rings (SSSR count). The van der Waals surface area contributed by atoms with E-state index in [2.05, 4.69) is 10.9 Å². The number of aromatic nitrogens is 1. The number of carboxylic acids is 1. The van der Waals surface area contributed by atoms with Gasteiger partial charge < -0.3 is 10.0 Å². The molecule has 0 aliphatic heterocycles. The van der Waals surface area contributed by atoms with Crippen LogP contribution in [0.4, 0.5) is 19.0 Å². The van der Waals surface area contributed by atoms with Gasteiger partial charge in [0.05, 0.1) is 12.1 Å². The molecule has 0 aliphatic carbocycles. The predicted octanol–water partition coefficient (Wildman–Crippen LogP) is 1.50. The van der Waals surface area contributed by atoms with Crippen LogP contribution in [0.2, 0.25) is 0 Å². The molecule has 0 amide bonds. The van der Waals surface area contributed by atoms with E-state index in [0.717, 1.165) is 11.0 Å². The van der Waals surface area contributed by atoms with Gasteiger partial charge in [-0.3, -0.25) is 4.79 Å². The van der Waals surface area contributed by atoms with E-state index in [1.54, 1.807) is 6.07 Å². The van der Waals surface area contributed by atoms with Gasteiger partial charge in [-0.1, -0.05) is 5.92 Å². The fourth-order valence-electron chi connectivity index (χ4n) is 1.41. The highest BCUT2D eigenvalue weighted by Gasteiger charge is 2.33. The van der Waals surface area contributed by atoms with E-state index >= 15 is 0 Å². The Morgan fingerprint density at radius 1 is 1.50 bits per heavy atom. The normalized spacial score (nSPS) is 10.4. The zero-order chi connectivity index (χ0) is 15.3. The van der Waals surface area contributed by atoms with Crippen LogP contribution in [0.5, 0.6) is 0 Å². The van der Waals surface area contributed by atoms with Crippen LogP contribution < -0.4 is 4.90 Å². The second kappa shape index (κ2) is 5.93. The minimum absolute atomic E-state index is 0.186. The van der Waals surface area contributed by atoms with Crippen molar-refractivity contribution in [1.29, 1.82) is 5.26 Å². The molecule has 0 aromatic carbocycles. The molecular weight excluding hydrogens is 275 g/mol. The molecule has 1 aromatic rings. The number of hydrogen-bond donors (Lipinski definition) is 1. The Kier molecular flexibility index (Phi) is 4.54. The van der Waals surface area contributed by atoms with Gasteiger partial charge in [0.25, 0.3) is 0 Å². The van der Waals surface area contributed by atoms with Crippen molar-refractivity contribution >= 4 is 11.8 Å². The Labute approximate surface area is 112 Å². The molecule has 0 radical (unpaired) electrons. The Morgan fingerprint density at radius 3 is 2.60 bits per heavy atom. The first-order valence-electron chi connectivity index (χ1n) is 5.18. The Bertz CT molecular complexity index is 599. The number of terminal acetylenes is 1. The maximum Gasteiger partial charge on any atom is 0.433 e. The van der Waals surface area contributed by atoms with Crippen LogP contribution >= 0.6 is 0 Å². The number of pyridine rings is 1. The van der Waals surface area contributed by atoms with E-state index in [4.69, 9.17) is 16.8 Å². The average molecular weight is 283 g/mol. The van der Waals surface area contributed by atoms with Crippen molar-refractivity contribution in [2.45, 2.75) is 6.18 Å². The van der Waals surface area contributed by atoms with E-state index in [0.29, 0.717) is 6.07 Å². The van der Waals surface area contributed by atoms with E-state index in [1.807, 2.05) is 0 Å². The van der Waals surface area contributed by atoms with Crippen molar-refractivity contribution in [3.8, 4) is 18.4 Å². The highest BCUT2D eigenvalue weighted by Crippen LogP contribution is 2.30. The summed E-state index contributed by atoms with van der Waals surface area (Å²) in [7, 11) is 0. The molecule has 0 aliphatic rings. The van der Waals surface area contributed by atoms with Crippen LogP contribution in [-0.2, 0) is 11.0 Å². The number of aliphatic carboxylic acids is 1. The number of nitrogens with zero attached hydrogens (tertiary/aromatic N) is 3. The summed E-state index contributed by atoms with van der Waals surface area (Å²) in [6.07, 6.45) is 0.340. The van der Waals surface area contributed by atoms with Gasteiger partial charge in [0.1, 0.15) is 24.1 Å². The summed E-state index contributed by atoms with van der Waals surface area (Å²) in [4.78, 5) is 14.9. The monoisotopic (exact) mass is 283 g/mol. The molecule has 0 fully saturated rings. The third-order valence-corrected chi connectivity index (χ3v) is 2.19. The van der Waals surface area contributed by atoms with Crippen molar-refractivity contribution in [3.05, 3.63) is 23.4 Å². The quantitative estimate of drug-likeness (QED) is 0.847. The van der Waals surface area contributed by atoms with E-state index < -0.39 is 30.2 Å². The van der Waals surface area contributed by atoms with Gasteiger partial charge in [0.15, 0.2) is 0 Å². The number of alkyl halides is 3. The summed E-state index contributed by atoms with van der Waals surface area (Å²) >= 11 is 0. The second-order valence-electron chi connectivity index (χ2n) is 3.63. The fourth-order valence-corrected chi connectivity index (χ4v) is 1.41. The number of anilines is 1. The maximum atomic E-state index is 12.6. The number of halogens is 3. The van der Waals surface area contributed by atoms with Crippen LogP contribution in [0.15, 0.2) is 12.1 Å². The van der Waals surface area contributed by atoms with E-state index in [9.17, 15) is 18.0 Å². The lowest BCUT2D eigenvalue weighted by atomic mass is 10.2. The lowest BCUT2D eigenvalue weighted by Gasteiger charge is -2.21. The number of rotatable bonds is 4. The molecule has 1 aromatic heterocycles. The predicted molar refractivity (Wildman–Crippen MR) is 62.6 cm³/mol. The van der Waals surface area contributed by atoms with E-state index in [-0.39, 0.29) is 12.1 Å². The van der Waals surface area contributed by atoms with Gasteiger partial charge in [0, 0.05) is 0 Å². The van der Waals surface area contributed by atoms with Crippen molar-refractivity contribution in [3.63, 3.8) is 0 Å². The van der Waals surface area contributed by atoms with Crippen LogP contribution in [-0.4, -0.2) is 29.1 Å². The third-order valence-electron chi connectivity index (χ3n) is 2.19. The minimum atomic E-state index is -4.70. The summed E-state index contributed by atoms with van der Waals surface area (Å²) in [6.45, 7) is -0.942. The molecule has 1 N–H and O–H groups in total. The largest absolute Gasteiger partial charge is 0.480 e. The first kappa shape index (κ1) is 15.3. The molecule has 5 nitrogen and oxygen atoms in total. The smallest absolute Gasteiger partial charge is 0.433 e. The molecule has 0 bridgehead atoms. The van der Waals surface area contributed by atoms with Crippen molar-refractivity contribution < 1.29 is 23.1 Å². The minimum Gasteiger partial charge on any atom is -0.480 e. The topological polar surface area (TPSA) is 77.2 Å². The van der Waals surface area contributed by atoms with Crippen LogP contribution in [0.1, 0.15) is 11.3 Å². The van der Waals surface area contributed by atoms with Gasteiger partial charge in [-0.15, -0.1) is 6.42 Å². The highest BCUT2D eigenvalue weighted by molar-refractivity contribution is 5.74. The molecule has 0 unspecified atom stereocenters. The second-order valence-corrected chi connectivity index (χ2v) is 3.63. The lowest BCUT2D eigenvalue weighted by Crippen LogP contribution is -2.32. The number of carbonyl (C=O) groups is 1. The van der Waals surface area contributed by atoms with Crippen molar-refractivity contribution in [2.75, 3.05) is 18.0 Å². The highest BCUT2D eigenvalue weighted by atomic mass is 19.4. The van der Waals surface area contributed by atoms with Gasteiger partial charge in [0.2, 0.25) is 0 Å². The Balaban J connectivity index is 3.34. The maximum absolute atomic E-state index is 12.6. The fraction of sp³-hybridized carbons (Fsp3) is 0.250. The van der Waals surface area contributed by atoms with Crippen molar-refractivity contribution in [2.24, 2.45) is 0 Å². The number of nitriles is 1. The standard InChI is InChI=1S/C12H8F3N3O2/c1-2-5-18(7-10(19)20)11-8(6-16)3-4-9(17-11)12(13,14)15/h1,3-4H,5,7H2,(H,19,20). The van der Waals surface area contributed by atoms with E-state index in [1.165, 1.54) is 0 Å². The van der Waals surface area contributed by atoms with Gasteiger partial charge >= 0.3 is 12.1 Å².